The van der Waals surface area contributed by atoms with Crippen LogP contribution in [0, 0.1) is 0 Å². The third-order valence-electron chi connectivity index (χ3n) is 2.88. The quantitative estimate of drug-likeness (QED) is 0.742. The number of fused-ring (bicyclic) bond motifs is 1. The minimum absolute atomic E-state index is 0.139. The van der Waals surface area contributed by atoms with Crippen LogP contribution in [-0.2, 0) is 5.75 Å². The average Bonchev–Trinajstić information content (AvgIpc) is 2.48. The van der Waals surface area contributed by atoms with E-state index in [1.165, 1.54) is 5.56 Å². The van der Waals surface area contributed by atoms with Crippen LogP contribution in [0.4, 0.5) is 0 Å². The minimum atomic E-state index is -0.139. The van der Waals surface area contributed by atoms with Crippen LogP contribution >= 0.6 is 11.8 Å². The SMILES string of the molecule is O=c1[nH]nc(SCc2ccccc2)c2ccccc12. The largest absolute Gasteiger partial charge is 0.272 e. The molecular formula is C15H12N2OS. The van der Waals surface area contributed by atoms with E-state index in [0.29, 0.717) is 5.39 Å². The number of aromatic amines is 1. The zero-order chi connectivity index (χ0) is 13.1. The van der Waals surface area contributed by atoms with Crippen molar-refractivity contribution in [2.45, 2.75) is 10.8 Å². The van der Waals surface area contributed by atoms with Crippen LogP contribution in [0.3, 0.4) is 0 Å². The molecule has 2 aromatic carbocycles. The molecule has 1 heterocycles. The Hall–Kier alpha value is -2.07. The third kappa shape index (κ3) is 2.53. The summed E-state index contributed by atoms with van der Waals surface area (Å²) in [5.74, 6) is 0.837. The van der Waals surface area contributed by atoms with Gasteiger partial charge in [-0.1, -0.05) is 60.3 Å². The van der Waals surface area contributed by atoms with Crippen molar-refractivity contribution in [2.75, 3.05) is 0 Å². The number of rotatable bonds is 3. The van der Waals surface area contributed by atoms with Gasteiger partial charge in [-0.05, 0) is 11.6 Å². The van der Waals surface area contributed by atoms with Crippen LogP contribution in [0.5, 0.6) is 0 Å². The normalized spacial score (nSPS) is 10.7. The summed E-state index contributed by atoms with van der Waals surface area (Å²) in [7, 11) is 0. The number of thioether (sulfide) groups is 1. The Balaban J connectivity index is 1.94. The van der Waals surface area contributed by atoms with Crippen LogP contribution < -0.4 is 5.56 Å². The van der Waals surface area contributed by atoms with Crippen LogP contribution in [0.15, 0.2) is 64.4 Å². The second-order valence-corrected chi connectivity index (χ2v) is 5.14. The third-order valence-corrected chi connectivity index (χ3v) is 3.94. The van der Waals surface area contributed by atoms with Crippen molar-refractivity contribution >= 4 is 22.5 Å². The molecule has 19 heavy (non-hydrogen) atoms. The topological polar surface area (TPSA) is 45.8 Å². The van der Waals surface area contributed by atoms with Crippen molar-refractivity contribution in [3.63, 3.8) is 0 Å². The lowest BCUT2D eigenvalue weighted by Gasteiger charge is -2.04. The lowest BCUT2D eigenvalue weighted by Crippen LogP contribution is -2.08. The summed E-state index contributed by atoms with van der Waals surface area (Å²) in [5, 5.41) is 9.16. The van der Waals surface area contributed by atoms with E-state index >= 15 is 0 Å². The molecule has 3 rings (SSSR count). The zero-order valence-electron chi connectivity index (χ0n) is 10.2. The predicted molar refractivity (Wildman–Crippen MR) is 78.4 cm³/mol. The zero-order valence-corrected chi connectivity index (χ0v) is 11.0. The van der Waals surface area contributed by atoms with Gasteiger partial charge in [0.25, 0.3) is 5.56 Å². The maximum atomic E-state index is 11.7. The van der Waals surface area contributed by atoms with Gasteiger partial charge in [-0.3, -0.25) is 4.79 Å². The smallest absolute Gasteiger partial charge is 0.267 e. The Morgan fingerprint density at radius 2 is 1.63 bits per heavy atom. The van der Waals surface area contributed by atoms with E-state index in [-0.39, 0.29) is 5.56 Å². The van der Waals surface area contributed by atoms with Gasteiger partial charge in [0.2, 0.25) is 0 Å². The van der Waals surface area contributed by atoms with Crippen molar-refractivity contribution in [1.82, 2.24) is 10.2 Å². The molecule has 0 atom stereocenters. The van der Waals surface area contributed by atoms with E-state index in [9.17, 15) is 4.79 Å². The molecule has 0 fully saturated rings. The van der Waals surface area contributed by atoms with E-state index in [4.69, 9.17) is 0 Å². The summed E-state index contributed by atoms with van der Waals surface area (Å²) >= 11 is 1.63. The van der Waals surface area contributed by atoms with E-state index in [2.05, 4.69) is 22.3 Å². The van der Waals surface area contributed by atoms with Gasteiger partial charge in [-0.25, -0.2) is 5.10 Å². The lowest BCUT2D eigenvalue weighted by atomic mass is 10.2. The monoisotopic (exact) mass is 268 g/mol. The highest BCUT2D eigenvalue weighted by atomic mass is 32.2. The number of hydrogen-bond donors (Lipinski definition) is 1. The van der Waals surface area contributed by atoms with Gasteiger partial charge >= 0.3 is 0 Å². The lowest BCUT2D eigenvalue weighted by molar-refractivity contribution is 0.927. The summed E-state index contributed by atoms with van der Waals surface area (Å²) < 4.78 is 0. The Labute approximate surface area is 114 Å². The number of H-pyrrole nitrogens is 1. The first kappa shape index (κ1) is 12.0. The van der Waals surface area contributed by atoms with Crippen LogP contribution in [0.2, 0.25) is 0 Å². The predicted octanol–water partition coefficient (Wildman–Crippen LogP) is 3.22. The van der Waals surface area contributed by atoms with Crippen LogP contribution in [-0.4, -0.2) is 10.2 Å². The van der Waals surface area contributed by atoms with Crippen molar-refractivity contribution in [1.29, 1.82) is 0 Å². The molecule has 0 bridgehead atoms. The summed E-state index contributed by atoms with van der Waals surface area (Å²) in [6.07, 6.45) is 0. The first-order valence-electron chi connectivity index (χ1n) is 5.99. The van der Waals surface area contributed by atoms with E-state index in [0.717, 1.165) is 16.2 Å². The Bertz CT molecular complexity index is 753. The van der Waals surface area contributed by atoms with Crippen molar-refractivity contribution < 1.29 is 0 Å². The van der Waals surface area contributed by atoms with E-state index < -0.39 is 0 Å². The maximum absolute atomic E-state index is 11.7. The minimum Gasteiger partial charge on any atom is -0.267 e. The summed E-state index contributed by atoms with van der Waals surface area (Å²) in [6, 6.07) is 17.8. The number of nitrogens with zero attached hydrogens (tertiary/aromatic N) is 1. The molecule has 94 valence electrons. The number of hydrogen-bond acceptors (Lipinski definition) is 3. The summed E-state index contributed by atoms with van der Waals surface area (Å²) in [6.45, 7) is 0. The van der Waals surface area contributed by atoms with E-state index in [1.807, 2.05) is 42.5 Å². The molecule has 0 radical (unpaired) electrons. The van der Waals surface area contributed by atoms with Gasteiger partial charge < -0.3 is 0 Å². The van der Waals surface area contributed by atoms with Gasteiger partial charge in [-0.2, -0.15) is 5.10 Å². The van der Waals surface area contributed by atoms with Crippen LogP contribution in [0.25, 0.3) is 10.8 Å². The molecule has 0 saturated heterocycles. The fraction of sp³-hybridized carbons (Fsp3) is 0.0667. The average molecular weight is 268 g/mol. The molecule has 3 nitrogen and oxygen atoms in total. The number of benzene rings is 2. The first-order chi connectivity index (χ1) is 9.34. The van der Waals surface area contributed by atoms with Crippen LogP contribution in [0.1, 0.15) is 5.56 Å². The van der Waals surface area contributed by atoms with Crippen molar-refractivity contribution in [3.05, 3.63) is 70.5 Å². The Morgan fingerprint density at radius 3 is 2.42 bits per heavy atom. The molecule has 0 aliphatic heterocycles. The van der Waals surface area contributed by atoms with E-state index in [1.54, 1.807) is 11.8 Å². The Kier molecular flexibility index (Phi) is 3.33. The molecule has 0 saturated carbocycles. The van der Waals surface area contributed by atoms with Crippen molar-refractivity contribution in [3.8, 4) is 0 Å². The van der Waals surface area contributed by atoms with Gasteiger partial charge in [0.05, 0.1) is 5.39 Å². The molecule has 0 aliphatic carbocycles. The van der Waals surface area contributed by atoms with Crippen molar-refractivity contribution in [2.24, 2.45) is 0 Å². The van der Waals surface area contributed by atoms with Gasteiger partial charge in [0.15, 0.2) is 0 Å². The first-order valence-corrected chi connectivity index (χ1v) is 6.97. The molecule has 1 aromatic heterocycles. The molecule has 4 heteroatoms. The highest BCUT2D eigenvalue weighted by molar-refractivity contribution is 7.98. The highest BCUT2D eigenvalue weighted by Crippen LogP contribution is 2.25. The Morgan fingerprint density at radius 1 is 0.947 bits per heavy atom. The van der Waals surface area contributed by atoms with Gasteiger partial charge in [0.1, 0.15) is 5.03 Å². The fourth-order valence-electron chi connectivity index (χ4n) is 1.93. The van der Waals surface area contributed by atoms with Gasteiger partial charge in [0, 0.05) is 11.1 Å². The number of aromatic nitrogens is 2. The maximum Gasteiger partial charge on any atom is 0.272 e. The molecule has 1 N–H and O–H groups in total. The summed E-state index contributed by atoms with van der Waals surface area (Å²) in [4.78, 5) is 11.7. The second kappa shape index (κ2) is 5.28. The summed E-state index contributed by atoms with van der Waals surface area (Å²) in [5.41, 5.74) is 1.10. The fourth-order valence-corrected chi connectivity index (χ4v) is 2.87. The standard InChI is InChI=1S/C15H12N2OS/c18-14-12-8-4-5-9-13(12)15(17-16-14)19-10-11-6-2-1-3-7-11/h1-9H,10H2,(H,16,18). The number of nitrogens with one attached hydrogen (secondary N) is 1. The molecule has 0 spiro atoms. The molecule has 0 aliphatic rings. The molecule has 0 unspecified atom stereocenters. The highest BCUT2D eigenvalue weighted by Gasteiger charge is 2.06. The molecule has 3 aromatic rings. The molecular weight excluding hydrogens is 256 g/mol. The van der Waals surface area contributed by atoms with Gasteiger partial charge in [-0.15, -0.1) is 0 Å². The molecule has 0 amide bonds. The second-order valence-electron chi connectivity index (χ2n) is 4.18.